The van der Waals surface area contributed by atoms with E-state index in [1.165, 1.54) is 83.5 Å². The van der Waals surface area contributed by atoms with E-state index in [1.807, 2.05) is 24.3 Å². The molecule has 26 heavy (non-hydrogen) atoms. The molecule has 2 aromatic rings. The number of fused-ring (bicyclic) bond motifs is 1. The van der Waals surface area contributed by atoms with E-state index >= 15 is 0 Å². The Morgan fingerprint density at radius 2 is 1.23 bits per heavy atom. The van der Waals surface area contributed by atoms with Gasteiger partial charge < -0.3 is 0 Å². The predicted octanol–water partition coefficient (Wildman–Crippen LogP) is 6.81. The van der Waals surface area contributed by atoms with Crippen molar-refractivity contribution in [1.29, 1.82) is 0 Å². The molecule has 2 rings (SSSR count). The predicted molar refractivity (Wildman–Crippen MR) is 113 cm³/mol. The molecular weight excluding hydrogens is 320 g/mol. The second-order valence-electron chi connectivity index (χ2n) is 7.71. The van der Waals surface area contributed by atoms with Crippen LogP contribution in [-0.4, -0.2) is 9.78 Å². The summed E-state index contributed by atoms with van der Waals surface area (Å²) >= 11 is 0. The van der Waals surface area contributed by atoms with Crippen LogP contribution in [0.25, 0.3) is 10.9 Å². The molecule has 1 heterocycles. The number of para-hydroxylation sites is 1. The van der Waals surface area contributed by atoms with E-state index in [9.17, 15) is 4.79 Å². The van der Waals surface area contributed by atoms with Crippen molar-refractivity contribution < 1.29 is 0 Å². The van der Waals surface area contributed by atoms with Crippen molar-refractivity contribution in [2.45, 2.75) is 103 Å². The highest BCUT2D eigenvalue weighted by Crippen LogP contribution is 2.13. The van der Waals surface area contributed by atoms with Crippen LogP contribution in [0.15, 0.2) is 29.1 Å². The average molecular weight is 359 g/mol. The summed E-state index contributed by atoms with van der Waals surface area (Å²) in [5.41, 5.74) is 1.07. The van der Waals surface area contributed by atoms with Gasteiger partial charge in [0.15, 0.2) is 0 Å². The van der Waals surface area contributed by atoms with Crippen molar-refractivity contribution in [2.75, 3.05) is 0 Å². The van der Waals surface area contributed by atoms with Gasteiger partial charge in [-0.05, 0) is 18.6 Å². The molecule has 3 nitrogen and oxygen atoms in total. The molecule has 0 aliphatic heterocycles. The molecular formula is C23H38N2O. The SMILES string of the molecule is CCCCCCCCCCCCCCCCn1[nH]c2ccccc2c1=O. The second kappa shape index (κ2) is 12.8. The van der Waals surface area contributed by atoms with Crippen LogP contribution in [0.5, 0.6) is 0 Å². The fourth-order valence-corrected chi connectivity index (χ4v) is 3.73. The number of rotatable bonds is 15. The van der Waals surface area contributed by atoms with Crippen LogP contribution in [0.3, 0.4) is 0 Å². The van der Waals surface area contributed by atoms with Gasteiger partial charge in [0.2, 0.25) is 0 Å². The number of aromatic nitrogens is 2. The van der Waals surface area contributed by atoms with Crippen molar-refractivity contribution in [2.24, 2.45) is 0 Å². The Balaban J connectivity index is 1.42. The topological polar surface area (TPSA) is 37.8 Å². The van der Waals surface area contributed by atoms with E-state index in [0.717, 1.165) is 23.9 Å². The van der Waals surface area contributed by atoms with Crippen LogP contribution >= 0.6 is 0 Å². The molecule has 0 saturated heterocycles. The van der Waals surface area contributed by atoms with Crippen molar-refractivity contribution in [3.05, 3.63) is 34.6 Å². The van der Waals surface area contributed by atoms with Gasteiger partial charge in [-0.15, -0.1) is 0 Å². The van der Waals surface area contributed by atoms with Crippen LogP contribution in [0.1, 0.15) is 96.8 Å². The number of nitrogens with zero attached hydrogens (tertiary/aromatic N) is 1. The summed E-state index contributed by atoms with van der Waals surface area (Å²) < 4.78 is 1.77. The van der Waals surface area contributed by atoms with Gasteiger partial charge in [0.25, 0.3) is 5.56 Å². The maximum absolute atomic E-state index is 12.2. The first-order valence-corrected chi connectivity index (χ1v) is 11.0. The number of benzene rings is 1. The number of H-pyrrole nitrogens is 1. The van der Waals surface area contributed by atoms with E-state index in [-0.39, 0.29) is 5.56 Å². The van der Waals surface area contributed by atoms with Gasteiger partial charge in [0, 0.05) is 6.54 Å². The molecule has 1 N–H and O–H groups in total. The Morgan fingerprint density at radius 3 is 1.77 bits per heavy atom. The summed E-state index contributed by atoms with van der Waals surface area (Å²) in [7, 11) is 0. The minimum absolute atomic E-state index is 0.121. The van der Waals surface area contributed by atoms with E-state index < -0.39 is 0 Å². The van der Waals surface area contributed by atoms with Crippen LogP contribution in [0, 0.1) is 0 Å². The lowest BCUT2D eigenvalue weighted by molar-refractivity contribution is 0.507. The zero-order valence-electron chi connectivity index (χ0n) is 16.8. The molecule has 0 unspecified atom stereocenters. The van der Waals surface area contributed by atoms with E-state index in [2.05, 4.69) is 12.0 Å². The number of aryl methyl sites for hydroxylation is 1. The number of aromatic amines is 1. The zero-order valence-corrected chi connectivity index (χ0v) is 16.8. The van der Waals surface area contributed by atoms with Crippen molar-refractivity contribution in [1.82, 2.24) is 9.78 Å². The lowest BCUT2D eigenvalue weighted by Gasteiger charge is -2.04. The van der Waals surface area contributed by atoms with Gasteiger partial charge in [0.05, 0.1) is 10.9 Å². The highest BCUT2D eigenvalue weighted by Gasteiger charge is 2.04. The second-order valence-corrected chi connectivity index (χ2v) is 7.71. The van der Waals surface area contributed by atoms with Crippen molar-refractivity contribution >= 4 is 10.9 Å². The molecule has 1 aromatic heterocycles. The molecule has 1 aromatic carbocycles. The minimum Gasteiger partial charge on any atom is -0.295 e. The van der Waals surface area contributed by atoms with E-state index in [1.54, 1.807) is 4.68 Å². The lowest BCUT2D eigenvalue weighted by Crippen LogP contribution is -2.16. The third-order valence-electron chi connectivity index (χ3n) is 5.39. The van der Waals surface area contributed by atoms with Gasteiger partial charge in [-0.1, -0.05) is 103 Å². The highest BCUT2D eigenvalue weighted by atomic mass is 16.1. The fourth-order valence-electron chi connectivity index (χ4n) is 3.73. The fraction of sp³-hybridized carbons (Fsp3) is 0.696. The molecule has 0 amide bonds. The Kier molecular flexibility index (Phi) is 10.2. The molecule has 0 spiro atoms. The smallest absolute Gasteiger partial charge is 0.274 e. The number of unbranched alkanes of at least 4 members (excludes halogenated alkanes) is 13. The molecule has 0 saturated carbocycles. The van der Waals surface area contributed by atoms with Gasteiger partial charge in [-0.3, -0.25) is 14.6 Å². The third kappa shape index (κ3) is 7.39. The lowest BCUT2D eigenvalue weighted by atomic mass is 10.0. The summed E-state index contributed by atoms with van der Waals surface area (Å²) in [5, 5.41) is 4.02. The average Bonchev–Trinajstić information content (AvgIpc) is 2.98. The van der Waals surface area contributed by atoms with Gasteiger partial charge in [-0.2, -0.15) is 0 Å². The molecule has 0 bridgehead atoms. The summed E-state index contributed by atoms with van der Waals surface area (Å²) in [6.45, 7) is 3.09. The Labute approximate surface area is 159 Å². The highest BCUT2D eigenvalue weighted by molar-refractivity contribution is 5.77. The summed E-state index contributed by atoms with van der Waals surface area (Å²) in [4.78, 5) is 12.2. The third-order valence-corrected chi connectivity index (χ3v) is 5.39. The van der Waals surface area contributed by atoms with E-state index in [4.69, 9.17) is 0 Å². The molecule has 0 radical (unpaired) electrons. The standard InChI is InChI=1S/C23H38N2O/c1-2-3-4-5-6-7-8-9-10-11-12-13-14-17-20-25-23(26)21-18-15-16-19-22(21)24-25/h15-16,18-19,24H,2-14,17,20H2,1H3. The van der Waals surface area contributed by atoms with Gasteiger partial charge in [-0.25, -0.2) is 0 Å². The maximum Gasteiger partial charge on any atom is 0.274 e. The summed E-state index contributed by atoms with van der Waals surface area (Å²) in [5.74, 6) is 0. The monoisotopic (exact) mass is 358 g/mol. The minimum atomic E-state index is 0.121. The van der Waals surface area contributed by atoms with Crippen molar-refractivity contribution in [3.63, 3.8) is 0 Å². The van der Waals surface area contributed by atoms with E-state index in [0.29, 0.717) is 0 Å². The first-order valence-electron chi connectivity index (χ1n) is 11.0. The quantitative estimate of drug-likeness (QED) is 0.349. The Bertz CT molecular complexity index is 656. The molecule has 3 heteroatoms. The largest absolute Gasteiger partial charge is 0.295 e. The number of hydrogen-bond donors (Lipinski definition) is 1. The molecule has 0 aliphatic rings. The first kappa shape index (κ1) is 20.8. The van der Waals surface area contributed by atoms with Crippen LogP contribution in [0.4, 0.5) is 0 Å². The normalized spacial score (nSPS) is 11.4. The van der Waals surface area contributed by atoms with Crippen LogP contribution in [0.2, 0.25) is 0 Å². The summed E-state index contributed by atoms with van der Waals surface area (Å²) in [6.07, 6.45) is 19.1. The maximum atomic E-state index is 12.2. The molecule has 146 valence electrons. The number of nitrogens with one attached hydrogen (secondary N) is 1. The van der Waals surface area contributed by atoms with Crippen LogP contribution < -0.4 is 5.56 Å². The molecule has 0 fully saturated rings. The Hall–Kier alpha value is -1.51. The van der Waals surface area contributed by atoms with Gasteiger partial charge >= 0.3 is 0 Å². The zero-order chi connectivity index (χ0) is 18.5. The van der Waals surface area contributed by atoms with Crippen LogP contribution in [-0.2, 0) is 6.54 Å². The van der Waals surface area contributed by atoms with Crippen molar-refractivity contribution in [3.8, 4) is 0 Å². The first-order chi connectivity index (χ1) is 12.8. The molecule has 0 atom stereocenters. The van der Waals surface area contributed by atoms with Gasteiger partial charge in [0.1, 0.15) is 0 Å². The summed E-state index contributed by atoms with van der Waals surface area (Å²) in [6, 6.07) is 7.76. The number of hydrogen-bond acceptors (Lipinski definition) is 1. The molecule has 0 aliphatic carbocycles. The Morgan fingerprint density at radius 1 is 0.731 bits per heavy atom.